The van der Waals surface area contributed by atoms with Gasteiger partial charge >= 0.3 is 11.9 Å². The lowest BCUT2D eigenvalue weighted by Crippen LogP contribution is -2.43. The Labute approximate surface area is 156 Å². The van der Waals surface area contributed by atoms with Crippen molar-refractivity contribution >= 4 is 26.6 Å². The first-order chi connectivity index (χ1) is 12.8. The Morgan fingerprint density at radius 3 is 2.36 bits per heavy atom. The van der Waals surface area contributed by atoms with E-state index in [0.717, 1.165) is 12.3 Å². The Kier molecular flexibility index (Phi) is 4.54. The van der Waals surface area contributed by atoms with Gasteiger partial charge in [0, 0.05) is 18.7 Å². The van der Waals surface area contributed by atoms with Crippen LogP contribution in [-0.4, -0.2) is 42.4 Å². The van der Waals surface area contributed by atoms with Crippen LogP contribution in [-0.2, 0) is 16.2 Å². The number of aromatic amines is 1. The van der Waals surface area contributed by atoms with Gasteiger partial charge in [-0.25, -0.2) is 23.5 Å². The molecule has 0 bridgehead atoms. The smallest absolute Gasteiger partial charge is 0.311 e. The summed E-state index contributed by atoms with van der Waals surface area (Å²) in [5.74, 6) is 0. The number of H-pyrrole nitrogens is 1. The maximum Gasteiger partial charge on any atom is 0.417 e. The molecule has 0 spiro atoms. The predicted octanol–water partition coefficient (Wildman–Crippen LogP) is 0.391. The molecule has 3 rings (SSSR count). The number of rotatable bonds is 3. The van der Waals surface area contributed by atoms with Gasteiger partial charge in [-0.2, -0.15) is 17.8 Å². The van der Waals surface area contributed by atoms with E-state index in [9.17, 15) is 31.2 Å². The summed E-state index contributed by atoms with van der Waals surface area (Å²) in [6, 6.07) is 1.41. The van der Waals surface area contributed by atoms with Gasteiger partial charge in [-0.15, -0.1) is 0 Å². The number of hydrazine groups is 1. The van der Waals surface area contributed by atoms with E-state index in [-0.39, 0.29) is 32.9 Å². The number of hydrogen-bond donors (Lipinski definition) is 3. The molecule has 1 aliphatic heterocycles. The van der Waals surface area contributed by atoms with Gasteiger partial charge in [0.25, 0.3) is 5.56 Å². The van der Waals surface area contributed by atoms with Crippen LogP contribution in [0.15, 0.2) is 27.8 Å². The number of nitrogens with one attached hydrogen (secondary N) is 3. The molecule has 0 aliphatic carbocycles. The van der Waals surface area contributed by atoms with Crippen molar-refractivity contribution in [1.29, 1.82) is 0 Å². The summed E-state index contributed by atoms with van der Waals surface area (Å²) >= 11 is 0. The van der Waals surface area contributed by atoms with Gasteiger partial charge < -0.3 is 9.99 Å². The molecule has 9 nitrogen and oxygen atoms in total. The zero-order valence-corrected chi connectivity index (χ0v) is 15.7. The van der Waals surface area contributed by atoms with E-state index in [2.05, 4.69) is 10.4 Å². The maximum atomic E-state index is 13.6. The highest BCUT2D eigenvalue weighted by Gasteiger charge is 2.36. The van der Waals surface area contributed by atoms with E-state index < -0.39 is 33.0 Å². The third-order valence-corrected chi connectivity index (χ3v) is 4.56. The van der Waals surface area contributed by atoms with Crippen LogP contribution in [0, 0.1) is 0 Å². The highest BCUT2D eigenvalue weighted by atomic mass is 32.2. The Morgan fingerprint density at radius 2 is 1.86 bits per heavy atom. The van der Waals surface area contributed by atoms with Crippen LogP contribution in [0.5, 0.6) is 0 Å². The molecule has 152 valence electrons. The number of nitrogens with zero attached hydrogens (tertiary/aromatic N) is 2. The van der Waals surface area contributed by atoms with E-state index in [1.165, 1.54) is 12.1 Å². The van der Waals surface area contributed by atoms with Crippen molar-refractivity contribution in [3.63, 3.8) is 0 Å². The molecule has 28 heavy (non-hydrogen) atoms. The average molecular weight is 419 g/mol. The standard InChI is InChI=1S/C15H16F3N5O4S/c1-7-4-12(22(2)20-7)8-5-9-11(6-10(8)15(16,17)18)19-14(25)23(13(9)24)21-28(3,26)27/h4-7,20-21H,1-3H3,(H,19,25). The zero-order chi connectivity index (χ0) is 21.0. The lowest BCUT2D eigenvalue weighted by atomic mass is 10.0. The van der Waals surface area contributed by atoms with E-state index >= 15 is 0 Å². The first-order valence-corrected chi connectivity index (χ1v) is 9.77. The van der Waals surface area contributed by atoms with Crippen LogP contribution in [0.4, 0.5) is 13.2 Å². The van der Waals surface area contributed by atoms with Crippen LogP contribution in [0.1, 0.15) is 18.1 Å². The molecule has 0 fully saturated rings. The van der Waals surface area contributed by atoms with Crippen molar-refractivity contribution < 1.29 is 21.6 Å². The SMILES string of the molecule is CC1C=C(c2cc3c(=O)n(NS(C)(=O)=O)c(=O)[nH]c3cc2C(F)(F)F)N(C)N1. The molecule has 1 aliphatic rings. The van der Waals surface area contributed by atoms with Crippen molar-refractivity contribution in [1.82, 2.24) is 20.1 Å². The Bertz CT molecular complexity index is 1210. The number of hydrogen-bond acceptors (Lipinski definition) is 6. The molecule has 0 saturated carbocycles. The maximum absolute atomic E-state index is 13.6. The molecule has 2 aromatic rings. The van der Waals surface area contributed by atoms with Crippen LogP contribution in [0.3, 0.4) is 0 Å². The van der Waals surface area contributed by atoms with Gasteiger partial charge in [0.05, 0.1) is 28.4 Å². The second kappa shape index (κ2) is 6.38. The number of fused-ring (bicyclic) bond motifs is 1. The summed E-state index contributed by atoms with van der Waals surface area (Å²) in [4.78, 5) is 28.4. The predicted molar refractivity (Wildman–Crippen MR) is 96.4 cm³/mol. The molecular weight excluding hydrogens is 403 g/mol. The lowest BCUT2D eigenvalue weighted by Gasteiger charge is -2.21. The lowest BCUT2D eigenvalue weighted by molar-refractivity contribution is -0.137. The van der Waals surface area contributed by atoms with Crippen molar-refractivity contribution in [2.45, 2.75) is 19.1 Å². The monoisotopic (exact) mass is 419 g/mol. The highest BCUT2D eigenvalue weighted by molar-refractivity contribution is 7.91. The Morgan fingerprint density at radius 1 is 1.21 bits per heavy atom. The topological polar surface area (TPSA) is 116 Å². The van der Waals surface area contributed by atoms with Gasteiger partial charge in [0.1, 0.15) is 0 Å². The molecule has 0 radical (unpaired) electrons. The first-order valence-electron chi connectivity index (χ1n) is 7.88. The van der Waals surface area contributed by atoms with Crippen LogP contribution in [0.25, 0.3) is 16.6 Å². The fraction of sp³-hybridized carbons (Fsp3) is 0.333. The number of halogens is 3. The second-order valence-electron chi connectivity index (χ2n) is 6.40. The number of sulfonamides is 1. The molecule has 0 amide bonds. The van der Waals surface area contributed by atoms with E-state index in [1.54, 1.807) is 17.8 Å². The van der Waals surface area contributed by atoms with Gasteiger partial charge in [0.15, 0.2) is 0 Å². The van der Waals surface area contributed by atoms with Gasteiger partial charge in [-0.1, -0.05) is 0 Å². The fourth-order valence-electron chi connectivity index (χ4n) is 2.99. The summed E-state index contributed by atoms with van der Waals surface area (Å²) in [5, 5.41) is 1.10. The quantitative estimate of drug-likeness (QED) is 0.663. The summed E-state index contributed by atoms with van der Waals surface area (Å²) in [7, 11) is -2.46. The second-order valence-corrected chi connectivity index (χ2v) is 8.13. The zero-order valence-electron chi connectivity index (χ0n) is 14.9. The van der Waals surface area contributed by atoms with Crippen LogP contribution < -0.4 is 21.5 Å². The molecular formula is C15H16F3N5O4S. The third-order valence-electron chi connectivity index (χ3n) is 4.04. The fourth-order valence-corrected chi connectivity index (χ4v) is 3.49. The summed E-state index contributed by atoms with van der Waals surface area (Å²) in [6.07, 6.45) is -2.48. The molecule has 1 aromatic heterocycles. The molecule has 3 N–H and O–H groups in total. The molecule has 1 unspecified atom stereocenters. The first kappa shape index (κ1) is 19.9. The minimum atomic E-state index is -4.76. The van der Waals surface area contributed by atoms with Crippen molar-refractivity contribution in [2.75, 3.05) is 18.1 Å². The van der Waals surface area contributed by atoms with Crippen LogP contribution in [0.2, 0.25) is 0 Å². The molecule has 0 saturated heterocycles. The molecule has 1 aromatic carbocycles. The highest BCUT2D eigenvalue weighted by Crippen LogP contribution is 2.38. The summed E-state index contributed by atoms with van der Waals surface area (Å²) in [5.41, 5.74) is -0.907. The van der Waals surface area contributed by atoms with Gasteiger partial charge in [-0.3, -0.25) is 4.79 Å². The van der Waals surface area contributed by atoms with Crippen molar-refractivity contribution in [3.05, 3.63) is 50.2 Å². The van der Waals surface area contributed by atoms with Gasteiger partial charge in [-0.05, 0) is 25.1 Å². The molecule has 13 heteroatoms. The summed E-state index contributed by atoms with van der Waals surface area (Å²) in [6.45, 7) is 1.73. The number of aromatic nitrogens is 2. The minimum Gasteiger partial charge on any atom is -0.311 e. The largest absolute Gasteiger partial charge is 0.417 e. The van der Waals surface area contributed by atoms with Crippen molar-refractivity contribution in [3.8, 4) is 0 Å². The third kappa shape index (κ3) is 3.62. The number of alkyl halides is 3. The Hall–Kier alpha value is -2.80. The molecule has 2 heterocycles. The summed E-state index contributed by atoms with van der Waals surface area (Å²) < 4.78 is 63.8. The van der Waals surface area contributed by atoms with E-state index in [4.69, 9.17) is 0 Å². The van der Waals surface area contributed by atoms with Crippen molar-refractivity contribution in [2.24, 2.45) is 0 Å². The van der Waals surface area contributed by atoms with E-state index in [0.29, 0.717) is 6.07 Å². The Balaban J connectivity index is 2.38. The number of benzene rings is 1. The minimum absolute atomic E-state index is 0.190. The normalized spacial score (nSPS) is 17.9. The molecule has 1 atom stereocenters. The van der Waals surface area contributed by atoms with E-state index in [1.807, 2.05) is 0 Å². The average Bonchev–Trinajstić information content (AvgIpc) is 2.87. The van der Waals surface area contributed by atoms with Crippen LogP contribution >= 0.6 is 0 Å². The van der Waals surface area contributed by atoms with Gasteiger partial charge in [0.2, 0.25) is 10.0 Å².